The minimum absolute atomic E-state index is 0.149. The van der Waals surface area contributed by atoms with Crippen LogP contribution in [0.1, 0.15) is 27.2 Å². The van der Waals surface area contributed by atoms with Crippen LogP contribution in [0.5, 0.6) is 0 Å². The van der Waals surface area contributed by atoms with Crippen LogP contribution in [0.2, 0.25) is 5.02 Å². The van der Waals surface area contributed by atoms with Crippen LogP contribution in [0.25, 0.3) is 0 Å². The van der Waals surface area contributed by atoms with Crippen LogP contribution in [-0.2, 0) is 6.54 Å². The molecule has 0 aliphatic carbocycles. The predicted molar refractivity (Wildman–Crippen MR) is 73.1 cm³/mol. The van der Waals surface area contributed by atoms with Crippen LogP contribution in [0, 0.1) is 5.92 Å². The Morgan fingerprint density at radius 1 is 1.50 bits per heavy atom. The Balaban J connectivity index is 2.78. The Morgan fingerprint density at radius 3 is 2.72 bits per heavy atom. The predicted octanol–water partition coefficient (Wildman–Crippen LogP) is 1.74. The number of hydrogen-bond donors (Lipinski definition) is 2. The van der Waals surface area contributed by atoms with E-state index in [1.165, 1.54) is 4.68 Å². The van der Waals surface area contributed by atoms with Crippen LogP contribution >= 0.6 is 11.6 Å². The Hall–Kier alpha value is -1.07. The van der Waals surface area contributed by atoms with E-state index in [0.29, 0.717) is 31.1 Å². The molecule has 1 atom stereocenters. The third kappa shape index (κ3) is 4.31. The van der Waals surface area contributed by atoms with Gasteiger partial charge >= 0.3 is 0 Å². The Bertz CT molecular complexity index is 443. The molecule has 0 saturated heterocycles. The topological polar surface area (TPSA) is 67.2 Å². The molecule has 0 aromatic carbocycles. The first-order valence-corrected chi connectivity index (χ1v) is 6.47. The number of aromatic nitrogens is 2. The molecular formula is C12H20ClN3O2. The standard InChI is InChI=1S/C12H20ClN3O2/c1-8(2)7-16-12(18)11(13)10(6-15-16)14-5-4-9(3)17/h6,8-9,14,17H,4-5,7H2,1-3H3. The summed E-state index contributed by atoms with van der Waals surface area (Å²) in [6.07, 6.45) is 1.75. The molecule has 6 heteroatoms. The lowest BCUT2D eigenvalue weighted by atomic mass is 10.2. The van der Waals surface area contributed by atoms with Crippen molar-refractivity contribution < 1.29 is 5.11 Å². The van der Waals surface area contributed by atoms with Crippen LogP contribution < -0.4 is 10.9 Å². The van der Waals surface area contributed by atoms with Crippen molar-refractivity contribution in [2.45, 2.75) is 39.8 Å². The zero-order valence-electron chi connectivity index (χ0n) is 11.0. The van der Waals surface area contributed by atoms with Crippen molar-refractivity contribution in [1.29, 1.82) is 0 Å². The van der Waals surface area contributed by atoms with Crippen molar-refractivity contribution in [1.82, 2.24) is 9.78 Å². The summed E-state index contributed by atoms with van der Waals surface area (Å²) >= 11 is 6.00. The molecule has 0 fully saturated rings. The molecular weight excluding hydrogens is 254 g/mol. The molecule has 18 heavy (non-hydrogen) atoms. The molecule has 0 bridgehead atoms. The van der Waals surface area contributed by atoms with E-state index in [9.17, 15) is 4.79 Å². The van der Waals surface area contributed by atoms with Gasteiger partial charge in [-0.05, 0) is 19.3 Å². The third-order valence-corrected chi connectivity index (χ3v) is 2.77. The highest BCUT2D eigenvalue weighted by atomic mass is 35.5. The van der Waals surface area contributed by atoms with Crippen molar-refractivity contribution in [3.63, 3.8) is 0 Å². The second-order valence-electron chi connectivity index (χ2n) is 4.82. The molecule has 1 aromatic heterocycles. The molecule has 1 aromatic rings. The Kier molecular flexibility index (Phi) is 5.62. The van der Waals surface area contributed by atoms with E-state index in [0.717, 1.165) is 0 Å². The van der Waals surface area contributed by atoms with Crippen molar-refractivity contribution in [2.24, 2.45) is 5.92 Å². The van der Waals surface area contributed by atoms with Gasteiger partial charge in [-0.2, -0.15) is 5.10 Å². The second kappa shape index (κ2) is 6.75. The van der Waals surface area contributed by atoms with Crippen LogP contribution in [0.4, 0.5) is 5.69 Å². The summed E-state index contributed by atoms with van der Waals surface area (Å²) in [4.78, 5) is 11.9. The van der Waals surface area contributed by atoms with Crippen molar-refractivity contribution in [3.8, 4) is 0 Å². The van der Waals surface area contributed by atoms with E-state index in [1.54, 1.807) is 13.1 Å². The van der Waals surface area contributed by atoms with E-state index in [1.807, 2.05) is 13.8 Å². The SMILES string of the molecule is CC(C)Cn1ncc(NCCC(C)O)c(Cl)c1=O. The lowest BCUT2D eigenvalue weighted by Gasteiger charge is -2.12. The monoisotopic (exact) mass is 273 g/mol. The first-order valence-electron chi connectivity index (χ1n) is 6.09. The van der Waals surface area contributed by atoms with E-state index < -0.39 is 0 Å². The summed E-state index contributed by atoms with van der Waals surface area (Å²) in [6.45, 7) is 6.83. The number of anilines is 1. The molecule has 0 aliphatic heterocycles. The van der Waals surface area contributed by atoms with E-state index >= 15 is 0 Å². The van der Waals surface area contributed by atoms with E-state index in [4.69, 9.17) is 16.7 Å². The number of hydrogen-bond acceptors (Lipinski definition) is 4. The number of rotatable bonds is 6. The zero-order valence-corrected chi connectivity index (χ0v) is 11.7. The Morgan fingerprint density at radius 2 is 2.17 bits per heavy atom. The van der Waals surface area contributed by atoms with Gasteiger partial charge in [0.05, 0.1) is 18.0 Å². The first-order chi connectivity index (χ1) is 8.41. The highest BCUT2D eigenvalue weighted by Gasteiger charge is 2.10. The van der Waals surface area contributed by atoms with Gasteiger partial charge in [-0.15, -0.1) is 0 Å². The lowest BCUT2D eigenvalue weighted by molar-refractivity contribution is 0.188. The van der Waals surface area contributed by atoms with Gasteiger partial charge in [0.15, 0.2) is 0 Å². The fourth-order valence-corrected chi connectivity index (χ4v) is 1.69. The number of aliphatic hydroxyl groups excluding tert-OH is 1. The van der Waals surface area contributed by atoms with Crippen molar-refractivity contribution in [2.75, 3.05) is 11.9 Å². The third-order valence-electron chi connectivity index (χ3n) is 2.40. The van der Waals surface area contributed by atoms with Crippen LogP contribution in [0.3, 0.4) is 0 Å². The molecule has 1 rings (SSSR count). The van der Waals surface area contributed by atoms with Gasteiger partial charge in [0.1, 0.15) is 5.02 Å². The van der Waals surface area contributed by atoms with Crippen LogP contribution in [0.15, 0.2) is 11.0 Å². The molecule has 5 nitrogen and oxygen atoms in total. The fourth-order valence-electron chi connectivity index (χ4n) is 1.48. The summed E-state index contributed by atoms with van der Waals surface area (Å²) in [5.74, 6) is 0.334. The first kappa shape index (κ1) is 15.0. The second-order valence-corrected chi connectivity index (χ2v) is 5.20. The molecule has 102 valence electrons. The summed E-state index contributed by atoms with van der Waals surface area (Å²) in [5, 5.41) is 16.4. The molecule has 0 spiro atoms. The minimum Gasteiger partial charge on any atom is -0.393 e. The van der Waals surface area contributed by atoms with E-state index in [-0.39, 0.29) is 16.7 Å². The molecule has 0 radical (unpaired) electrons. The number of halogens is 1. The average Bonchev–Trinajstić information content (AvgIpc) is 2.27. The van der Waals surface area contributed by atoms with Gasteiger partial charge in [0.25, 0.3) is 5.56 Å². The average molecular weight is 274 g/mol. The summed E-state index contributed by atoms with van der Waals surface area (Å²) in [6, 6.07) is 0. The van der Waals surface area contributed by atoms with Gasteiger partial charge in [-0.1, -0.05) is 25.4 Å². The molecule has 1 heterocycles. The lowest BCUT2D eigenvalue weighted by Crippen LogP contribution is -2.26. The normalized spacial score (nSPS) is 12.8. The maximum Gasteiger partial charge on any atom is 0.287 e. The van der Waals surface area contributed by atoms with Crippen molar-refractivity contribution >= 4 is 17.3 Å². The quantitative estimate of drug-likeness (QED) is 0.828. The number of aliphatic hydroxyl groups is 1. The van der Waals surface area contributed by atoms with E-state index in [2.05, 4.69) is 10.4 Å². The zero-order chi connectivity index (χ0) is 13.7. The van der Waals surface area contributed by atoms with Gasteiger partial charge in [-0.3, -0.25) is 4.79 Å². The minimum atomic E-state index is -0.384. The largest absolute Gasteiger partial charge is 0.393 e. The van der Waals surface area contributed by atoms with Crippen molar-refractivity contribution in [3.05, 3.63) is 21.6 Å². The maximum atomic E-state index is 11.9. The van der Waals surface area contributed by atoms with Gasteiger partial charge in [0, 0.05) is 13.1 Å². The van der Waals surface area contributed by atoms with Gasteiger partial charge < -0.3 is 10.4 Å². The summed E-state index contributed by atoms with van der Waals surface area (Å²) < 4.78 is 1.37. The van der Waals surface area contributed by atoms with Crippen LogP contribution in [-0.4, -0.2) is 27.5 Å². The highest BCUT2D eigenvalue weighted by Crippen LogP contribution is 2.15. The number of nitrogens with one attached hydrogen (secondary N) is 1. The maximum absolute atomic E-state index is 11.9. The summed E-state index contributed by atoms with van der Waals surface area (Å²) in [7, 11) is 0. The molecule has 0 amide bonds. The Labute approximate surface area is 112 Å². The molecule has 0 aliphatic rings. The highest BCUT2D eigenvalue weighted by molar-refractivity contribution is 6.32. The number of nitrogens with zero attached hydrogens (tertiary/aromatic N) is 2. The smallest absolute Gasteiger partial charge is 0.287 e. The molecule has 0 saturated carbocycles. The fraction of sp³-hybridized carbons (Fsp3) is 0.667. The van der Waals surface area contributed by atoms with Gasteiger partial charge in [0.2, 0.25) is 0 Å². The van der Waals surface area contributed by atoms with Gasteiger partial charge in [-0.25, -0.2) is 4.68 Å². The summed E-state index contributed by atoms with van der Waals surface area (Å²) in [5.41, 5.74) is 0.231. The molecule has 2 N–H and O–H groups in total. The molecule has 1 unspecified atom stereocenters.